The van der Waals surface area contributed by atoms with Crippen LogP contribution in [-0.2, 0) is 9.84 Å². The number of anilines is 1. The minimum absolute atomic E-state index is 0.0702. The highest BCUT2D eigenvalue weighted by molar-refractivity contribution is 7.90. The first kappa shape index (κ1) is 23.3. The van der Waals surface area contributed by atoms with E-state index in [1.54, 1.807) is 61.2 Å². The molecule has 0 aliphatic heterocycles. The summed E-state index contributed by atoms with van der Waals surface area (Å²) < 4.78 is 39.1. The molecule has 1 atom stereocenters. The second-order valence-corrected chi connectivity index (χ2v) is 10.1. The minimum Gasteiger partial charge on any atom is -0.363 e. The van der Waals surface area contributed by atoms with Crippen LogP contribution in [-0.4, -0.2) is 54.4 Å². The zero-order chi connectivity index (χ0) is 24.6. The highest BCUT2D eigenvalue weighted by Gasteiger charge is 2.20. The van der Waals surface area contributed by atoms with Crippen LogP contribution >= 0.6 is 0 Å². The normalized spacial score (nSPS) is 12.5. The van der Waals surface area contributed by atoms with Crippen molar-refractivity contribution in [2.45, 2.75) is 18.0 Å². The lowest BCUT2D eigenvalue weighted by atomic mass is 10.1. The number of rotatable bonds is 6. The molecule has 0 saturated heterocycles. The molecule has 3 aromatic heterocycles. The van der Waals surface area contributed by atoms with Gasteiger partial charge in [0.15, 0.2) is 14.9 Å². The summed E-state index contributed by atoms with van der Waals surface area (Å²) in [5.74, 6) is -0.295. The number of halogens is 1. The van der Waals surface area contributed by atoms with Gasteiger partial charge < -0.3 is 10.2 Å². The van der Waals surface area contributed by atoms with Crippen molar-refractivity contribution in [3.05, 3.63) is 71.9 Å². The predicted octanol–water partition coefficient (Wildman–Crippen LogP) is 2.92. The first-order valence-electron chi connectivity index (χ1n) is 10.3. The molecule has 0 radical (unpaired) electrons. The van der Waals surface area contributed by atoms with E-state index in [1.807, 2.05) is 0 Å². The molecule has 34 heavy (non-hydrogen) atoms. The van der Waals surface area contributed by atoms with E-state index in [0.717, 1.165) is 6.26 Å². The van der Waals surface area contributed by atoms with Crippen molar-refractivity contribution >= 4 is 32.5 Å². The number of amides is 1. The first-order valence-corrected chi connectivity index (χ1v) is 12.2. The maximum Gasteiger partial charge on any atom is 0.254 e. The molecule has 3 heterocycles. The lowest BCUT2D eigenvalue weighted by Crippen LogP contribution is -2.27. The molecule has 11 heteroatoms. The lowest BCUT2D eigenvalue weighted by Gasteiger charge is -2.19. The van der Waals surface area contributed by atoms with Gasteiger partial charge in [0.2, 0.25) is 0 Å². The Hall–Kier alpha value is -3.86. The quantitative estimate of drug-likeness (QED) is 0.450. The van der Waals surface area contributed by atoms with Crippen LogP contribution in [0.4, 0.5) is 10.2 Å². The number of hydrogen-bond acceptors (Lipinski definition) is 7. The Morgan fingerprint density at radius 2 is 1.82 bits per heavy atom. The summed E-state index contributed by atoms with van der Waals surface area (Å²) in [6, 6.07) is 8.50. The molecular formula is C23H23FN6O3S. The Morgan fingerprint density at radius 3 is 2.47 bits per heavy atom. The van der Waals surface area contributed by atoms with Gasteiger partial charge in [0, 0.05) is 31.9 Å². The molecule has 0 spiro atoms. The third-order valence-corrected chi connectivity index (χ3v) is 6.28. The summed E-state index contributed by atoms with van der Waals surface area (Å²) in [5, 5.41) is 7.74. The number of carbonyl (C=O) groups excluding carboxylic acids is 1. The fourth-order valence-electron chi connectivity index (χ4n) is 3.45. The van der Waals surface area contributed by atoms with Crippen LogP contribution in [0.3, 0.4) is 0 Å². The molecule has 4 aromatic rings. The van der Waals surface area contributed by atoms with Gasteiger partial charge in [0.05, 0.1) is 35.2 Å². The molecule has 1 unspecified atom stereocenters. The molecule has 176 valence electrons. The summed E-state index contributed by atoms with van der Waals surface area (Å²) in [7, 11) is -0.0326. The maximum absolute atomic E-state index is 13.3. The van der Waals surface area contributed by atoms with E-state index >= 15 is 0 Å². The minimum atomic E-state index is -3.55. The standard InChI is InChI=1S/C23H23FN6O3S/c1-14(15-9-21(29(2)3)28-22(10-15)34(4,32)33)27-23(31)19-11-25-13-20-18(19)12-26-30(20)17-7-5-16(24)6-8-17/h5-14H,1-4H3,(H,27,31). The Kier molecular flexibility index (Phi) is 6.05. The zero-order valence-corrected chi connectivity index (χ0v) is 19.8. The molecule has 9 nitrogen and oxygen atoms in total. The summed E-state index contributed by atoms with van der Waals surface area (Å²) in [5.41, 5.74) is 2.12. The number of pyridine rings is 2. The van der Waals surface area contributed by atoms with Gasteiger partial charge in [-0.25, -0.2) is 22.5 Å². The Labute approximate surface area is 196 Å². The van der Waals surface area contributed by atoms with Crippen molar-refractivity contribution in [2.75, 3.05) is 25.3 Å². The zero-order valence-electron chi connectivity index (χ0n) is 19.0. The van der Waals surface area contributed by atoms with Crippen molar-refractivity contribution in [3.8, 4) is 5.69 Å². The van der Waals surface area contributed by atoms with E-state index in [1.165, 1.54) is 24.4 Å². The van der Waals surface area contributed by atoms with Crippen molar-refractivity contribution in [1.82, 2.24) is 25.1 Å². The van der Waals surface area contributed by atoms with Gasteiger partial charge in [0.25, 0.3) is 5.91 Å². The van der Waals surface area contributed by atoms with E-state index < -0.39 is 21.8 Å². The van der Waals surface area contributed by atoms with Gasteiger partial charge >= 0.3 is 0 Å². The van der Waals surface area contributed by atoms with Crippen LogP contribution in [0.1, 0.15) is 28.9 Å². The van der Waals surface area contributed by atoms with Crippen LogP contribution in [0.25, 0.3) is 16.6 Å². The van der Waals surface area contributed by atoms with Gasteiger partial charge in [-0.3, -0.25) is 9.78 Å². The number of sulfone groups is 1. The van der Waals surface area contributed by atoms with Gasteiger partial charge in [-0.15, -0.1) is 0 Å². The van der Waals surface area contributed by atoms with Crippen molar-refractivity contribution < 1.29 is 17.6 Å². The molecule has 0 aliphatic rings. The van der Waals surface area contributed by atoms with Gasteiger partial charge in [0.1, 0.15) is 11.6 Å². The van der Waals surface area contributed by atoms with Gasteiger partial charge in [-0.1, -0.05) is 0 Å². The average molecular weight is 483 g/mol. The summed E-state index contributed by atoms with van der Waals surface area (Å²) in [4.78, 5) is 23.2. The molecule has 0 fully saturated rings. The molecular weight excluding hydrogens is 459 g/mol. The monoisotopic (exact) mass is 482 g/mol. The molecule has 0 aliphatic carbocycles. The number of benzene rings is 1. The van der Waals surface area contributed by atoms with Crippen LogP contribution in [0.2, 0.25) is 0 Å². The number of hydrogen-bond donors (Lipinski definition) is 1. The number of nitrogens with one attached hydrogen (secondary N) is 1. The highest BCUT2D eigenvalue weighted by Crippen LogP contribution is 2.24. The summed E-state index contributed by atoms with van der Waals surface area (Å²) >= 11 is 0. The van der Waals surface area contributed by atoms with E-state index in [0.29, 0.717) is 33.5 Å². The number of nitrogens with zero attached hydrogens (tertiary/aromatic N) is 5. The maximum atomic E-state index is 13.3. The van der Waals surface area contributed by atoms with E-state index in [-0.39, 0.29) is 10.8 Å². The molecule has 1 aromatic carbocycles. The summed E-state index contributed by atoms with van der Waals surface area (Å²) in [6.45, 7) is 1.76. The highest BCUT2D eigenvalue weighted by atomic mass is 32.2. The third kappa shape index (κ3) is 4.60. The van der Waals surface area contributed by atoms with Crippen molar-refractivity contribution in [3.63, 3.8) is 0 Å². The van der Waals surface area contributed by atoms with Crippen LogP contribution in [0, 0.1) is 5.82 Å². The largest absolute Gasteiger partial charge is 0.363 e. The van der Waals surface area contributed by atoms with Crippen molar-refractivity contribution in [2.24, 2.45) is 0 Å². The van der Waals surface area contributed by atoms with E-state index in [9.17, 15) is 17.6 Å². The summed E-state index contributed by atoms with van der Waals surface area (Å²) in [6.07, 6.45) is 5.67. The second-order valence-electron chi connectivity index (χ2n) is 8.11. The van der Waals surface area contributed by atoms with Crippen LogP contribution in [0.5, 0.6) is 0 Å². The van der Waals surface area contributed by atoms with E-state index in [2.05, 4.69) is 20.4 Å². The average Bonchev–Trinajstić information content (AvgIpc) is 3.22. The fourth-order valence-corrected chi connectivity index (χ4v) is 4.06. The Balaban J connectivity index is 1.66. The Morgan fingerprint density at radius 1 is 1.12 bits per heavy atom. The molecule has 0 saturated carbocycles. The fraction of sp³-hybridized carbons (Fsp3) is 0.217. The SMILES string of the molecule is CC(NC(=O)c1cncc2c1cnn2-c1ccc(F)cc1)c1cc(N(C)C)nc(S(C)(=O)=O)c1. The number of fused-ring (bicyclic) bond motifs is 1. The van der Waals surface area contributed by atoms with E-state index in [4.69, 9.17) is 0 Å². The second kappa shape index (κ2) is 8.82. The number of aromatic nitrogens is 4. The molecule has 0 bridgehead atoms. The lowest BCUT2D eigenvalue weighted by molar-refractivity contribution is 0.0941. The van der Waals surface area contributed by atoms with Gasteiger partial charge in [-0.05, 0) is 48.9 Å². The Bertz CT molecular complexity index is 1480. The third-order valence-electron chi connectivity index (χ3n) is 5.31. The molecule has 1 amide bonds. The van der Waals surface area contributed by atoms with Gasteiger partial charge in [-0.2, -0.15) is 5.10 Å². The number of carbonyl (C=O) groups is 1. The van der Waals surface area contributed by atoms with Crippen LogP contribution < -0.4 is 10.2 Å². The molecule has 4 rings (SSSR count). The smallest absolute Gasteiger partial charge is 0.254 e. The topological polar surface area (TPSA) is 110 Å². The van der Waals surface area contributed by atoms with Crippen LogP contribution in [0.15, 0.2) is 60.0 Å². The van der Waals surface area contributed by atoms with Crippen molar-refractivity contribution in [1.29, 1.82) is 0 Å². The predicted molar refractivity (Wildman–Crippen MR) is 126 cm³/mol. The first-order chi connectivity index (χ1) is 16.0. The molecule has 1 N–H and O–H groups in total.